The molecule has 0 aromatic carbocycles. The van der Waals surface area contributed by atoms with Crippen LogP contribution in [0.5, 0.6) is 0 Å². The lowest BCUT2D eigenvalue weighted by molar-refractivity contribution is -0.148. The van der Waals surface area contributed by atoms with E-state index in [1.54, 1.807) is 29.8 Å². The van der Waals surface area contributed by atoms with Crippen molar-refractivity contribution in [1.29, 1.82) is 0 Å². The average molecular weight is 395 g/mol. The molecule has 1 fully saturated rings. The first-order valence-corrected chi connectivity index (χ1v) is 10.3. The molecule has 2 rings (SSSR count). The summed E-state index contributed by atoms with van der Waals surface area (Å²) in [6.45, 7) is 12.2. The number of amides is 1. The van der Waals surface area contributed by atoms with Crippen molar-refractivity contribution in [2.75, 3.05) is 13.2 Å². The third-order valence-corrected chi connectivity index (χ3v) is 5.13. The van der Waals surface area contributed by atoms with Gasteiger partial charge >= 0.3 is 12.1 Å². The lowest BCUT2D eigenvalue weighted by atomic mass is 9.97. The van der Waals surface area contributed by atoms with Crippen LogP contribution in [0.25, 0.3) is 0 Å². The van der Waals surface area contributed by atoms with Gasteiger partial charge in [-0.25, -0.2) is 4.79 Å². The molecule has 0 saturated carbocycles. The molecule has 0 aliphatic carbocycles. The van der Waals surface area contributed by atoms with Crippen LogP contribution in [0.4, 0.5) is 4.79 Å². The number of nitrogens with zero attached hydrogens (tertiary/aromatic N) is 2. The molecule has 1 aliphatic heterocycles. The van der Waals surface area contributed by atoms with E-state index in [9.17, 15) is 9.59 Å². The molecule has 0 N–H and O–H groups in total. The Balaban J connectivity index is 2.42. The molecule has 0 spiro atoms. The quantitative estimate of drug-likeness (QED) is 0.543. The number of hydrogen-bond donors (Lipinski definition) is 0. The Kier molecular flexibility index (Phi) is 7.14. The fourth-order valence-corrected chi connectivity index (χ4v) is 4.09. The predicted molar refractivity (Wildman–Crippen MR) is 106 cm³/mol. The standard InChI is InChI=1S/C20H30N2O4S/c1-7-25-18(23)14-10-12-22(19(24)26-20(4,5)6)17(14)16-15(27-13(2)3)9-8-11-21-16/h8-9,11,13-14,17H,7,10,12H2,1-6H3/t14-,17+/m0/s1. The number of esters is 1. The van der Waals surface area contributed by atoms with Crippen molar-refractivity contribution in [1.82, 2.24) is 9.88 Å². The SMILES string of the molecule is CCOC(=O)[C@H]1CCN(C(=O)OC(C)(C)C)[C@H]1c1ncccc1SC(C)C. The molecular formula is C20H30N2O4S. The van der Waals surface area contributed by atoms with Crippen LogP contribution in [0.15, 0.2) is 23.2 Å². The van der Waals surface area contributed by atoms with Gasteiger partial charge < -0.3 is 9.47 Å². The molecule has 1 amide bonds. The monoisotopic (exact) mass is 394 g/mol. The van der Waals surface area contributed by atoms with E-state index in [1.807, 2.05) is 32.9 Å². The molecule has 6 nitrogen and oxygen atoms in total. The normalized spacial score (nSPS) is 20.0. The number of carbonyl (C=O) groups excluding carboxylic acids is 2. The van der Waals surface area contributed by atoms with Gasteiger partial charge in [0.05, 0.1) is 24.3 Å². The molecule has 0 bridgehead atoms. The van der Waals surface area contributed by atoms with Crippen LogP contribution in [-0.2, 0) is 14.3 Å². The zero-order valence-corrected chi connectivity index (χ0v) is 17.8. The predicted octanol–water partition coefficient (Wildman–Crippen LogP) is 4.44. The van der Waals surface area contributed by atoms with E-state index in [1.165, 1.54) is 0 Å². The van der Waals surface area contributed by atoms with E-state index in [0.29, 0.717) is 24.8 Å². The molecule has 0 radical (unpaired) electrons. The van der Waals surface area contributed by atoms with Gasteiger partial charge in [0.2, 0.25) is 0 Å². The molecular weight excluding hydrogens is 364 g/mol. The van der Waals surface area contributed by atoms with E-state index >= 15 is 0 Å². The minimum absolute atomic E-state index is 0.292. The molecule has 1 aliphatic rings. The van der Waals surface area contributed by atoms with Gasteiger partial charge in [-0.05, 0) is 46.2 Å². The highest BCUT2D eigenvalue weighted by Gasteiger charge is 2.46. The lowest BCUT2D eigenvalue weighted by Gasteiger charge is -2.30. The Morgan fingerprint density at radius 2 is 2.07 bits per heavy atom. The summed E-state index contributed by atoms with van der Waals surface area (Å²) in [6, 6.07) is 3.38. The number of thioether (sulfide) groups is 1. The minimum Gasteiger partial charge on any atom is -0.466 e. The Morgan fingerprint density at radius 1 is 1.37 bits per heavy atom. The van der Waals surface area contributed by atoms with Gasteiger partial charge in [0.15, 0.2) is 0 Å². The highest BCUT2D eigenvalue weighted by molar-refractivity contribution is 8.00. The first kappa shape index (κ1) is 21.5. The van der Waals surface area contributed by atoms with Gasteiger partial charge in [-0.1, -0.05) is 13.8 Å². The summed E-state index contributed by atoms with van der Waals surface area (Å²) in [5.74, 6) is -0.737. The van der Waals surface area contributed by atoms with Crippen LogP contribution in [0.2, 0.25) is 0 Å². The Bertz CT molecular complexity index is 672. The van der Waals surface area contributed by atoms with Crippen molar-refractivity contribution in [2.24, 2.45) is 5.92 Å². The largest absolute Gasteiger partial charge is 0.466 e. The topological polar surface area (TPSA) is 68.7 Å². The Morgan fingerprint density at radius 3 is 2.67 bits per heavy atom. The van der Waals surface area contributed by atoms with Gasteiger partial charge in [-0.3, -0.25) is 14.7 Å². The maximum absolute atomic E-state index is 12.8. The van der Waals surface area contributed by atoms with E-state index in [4.69, 9.17) is 9.47 Å². The molecule has 1 saturated heterocycles. The molecule has 2 atom stereocenters. The van der Waals surface area contributed by atoms with E-state index in [2.05, 4.69) is 18.8 Å². The van der Waals surface area contributed by atoms with Crippen LogP contribution in [-0.4, -0.2) is 45.9 Å². The van der Waals surface area contributed by atoms with Gasteiger partial charge in [0.25, 0.3) is 0 Å². The summed E-state index contributed by atoms with van der Waals surface area (Å²) in [7, 11) is 0. The van der Waals surface area contributed by atoms with Crippen molar-refractivity contribution in [3.8, 4) is 0 Å². The van der Waals surface area contributed by atoms with E-state index in [0.717, 1.165) is 10.6 Å². The zero-order valence-electron chi connectivity index (χ0n) is 17.0. The smallest absolute Gasteiger partial charge is 0.410 e. The summed E-state index contributed by atoms with van der Waals surface area (Å²) in [5.41, 5.74) is 0.126. The van der Waals surface area contributed by atoms with Crippen molar-refractivity contribution in [2.45, 2.75) is 69.8 Å². The van der Waals surface area contributed by atoms with Crippen molar-refractivity contribution < 1.29 is 19.1 Å². The third-order valence-electron chi connectivity index (χ3n) is 4.06. The molecule has 1 aromatic rings. The number of aromatic nitrogens is 1. The first-order valence-electron chi connectivity index (χ1n) is 9.42. The summed E-state index contributed by atoms with van der Waals surface area (Å²) in [5, 5.41) is 0.352. The van der Waals surface area contributed by atoms with Crippen molar-refractivity contribution in [3.63, 3.8) is 0 Å². The number of likely N-dealkylation sites (tertiary alicyclic amines) is 1. The van der Waals surface area contributed by atoms with Crippen molar-refractivity contribution in [3.05, 3.63) is 24.0 Å². The summed E-state index contributed by atoms with van der Waals surface area (Å²) in [6.07, 6.45) is 1.81. The summed E-state index contributed by atoms with van der Waals surface area (Å²) in [4.78, 5) is 32.6. The number of ether oxygens (including phenoxy) is 2. The van der Waals surface area contributed by atoms with Crippen LogP contribution >= 0.6 is 11.8 Å². The first-order chi connectivity index (χ1) is 12.6. The zero-order chi connectivity index (χ0) is 20.2. The van der Waals surface area contributed by atoms with Crippen LogP contribution in [0.3, 0.4) is 0 Å². The van der Waals surface area contributed by atoms with Crippen LogP contribution < -0.4 is 0 Å². The van der Waals surface area contributed by atoms with E-state index in [-0.39, 0.29) is 5.97 Å². The van der Waals surface area contributed by atoms with Gasteiger partial charge in [-0.15, -0.1) is 11.8 Å². The number of carbonyl (C=O) groups is 2. The molecule has 7 heteroatoms. The maximum Gasteiger partial charge on any atom is 0.410 e. The second-order valence-corrected chi connectivity index (χ2v) is 9.44. The fourth-order valence-electron chi connectivity index (χ4n) is 3.13. The average Bonchev–Trinajstić information content (AvgIpc) is 2.98. The van der Waals surface area contributed by atoms with E-state index < -0.39 is 23.7 Å². The van der Waals surface area contributed by atoms with Crippen molar-refractivity contribution >= 4 is 23.8 Å². The molecule has 27 heavy (non-hydrogen) atoms. The number of rotatable bonds is 5. The molecule has 2 heterocycles. The summed E-state index contributed by atoms with van der Waals surface area (Å²) >= 11 is 1.67. The van der Waals surface area contributed by atoms with Gasteiger partial charge in [0, 0.05) is 22.9 Å². The third kappa shape index (κ3) is 5.61. The van der Waals surface area contributed by atoms with Crippen LogP contribution in [0, 0.1) is 5.92 Å². The molecule has 0 unspecified atom stereocenters. The fraction of sp³-hybridized carbons (Fsp3) is 0.650. The number of hydrogen-bond acceptors (Lipinski definition) is 6. The van der Waals surface area contributed by atoms with Gasteiger partial charge in [-0.2, -0.15) is 0 Å². The second kappa shape index (κ2) is 8.95. The maximum atomic E-state index is 12.8. The van der Waals surface area contributed by atoms with Gasteiger partial charge in [0.1, 0.15) is 5.60 Å². The molecule has 1 aromatic heterocycles. The Labute approximate surface area is 166 Å². The summed E-state index contributed by atoms with van der Waals surface area (Å²) < 4.78 is 10.9. The van der Waals surface area contributed by atoms with Crippen LogP contribution in [0.1, 0.15) is 59.7 Å². The minimum atomic E-state index is -0.608. The molecule has 150 valence electrons. The number of pyridine rings is 1. The highest BCUT2D eigenvalue weighted by Crippen LogP contribution is 2.42. The lowest BCUT2D eigenvalue weighted by Crippen LogP contribution is -2.38. The highest BCUT2D eigenvalue weighted by atomic mass is 32.2. The second-order valence-electron chi connectivity index (χ2n) is 7.82. The Hall–Kier alpha value is -1.76.